The summed E-state index contributed by atoms with van der Waals surface area (Å²) in [4.78, 5) is 32.1. The molecule has 116 valence electrons. The molecule has 0 aliphatic carbocycles. The zero-order chi connectivity index (χ0) is 15.9. The van der Waals surface area contributed by atoms with Gasteiger partial charge in [-0.1, -0.05) is 13.8 Å². The molecule has 1 fully saturated rings. The number of hydrogen-bond donors (Lipinski definition) is 2. The summed E-state index contributed by atoms with van der Waals surface area (Å²) in [7, 11) is 0. The maximum absolute atomic E-state index is 12.8. The van der Waals surface area contributed by atoms with Crippen molar-refractivity contribution in [1.82, 2.24) is 14.9 Å². The third-order valence-corrected chi connectivity index (χ3v) is 4.52. The molecule has 5 nitrogen and oxygen atoms in total. The van der Waals surface area contributed by atoms with Crippen molar-refractivity contribution in [3.8, 4) is 0 Å². The minimum absolute atomic E-state index is 0.0256. The van der Waals surface area contributed by atoms with Gasteiger partial charge >= 0.3 is 0 Å². The highest BCUT2D eigenvalue weighted by Gasteiger charge is 2.31. The van der Waals surface area contributed by atoms with E-state index < -0.39 is 0 Å². The van der Waals surface area contributed by atoms with Gasteiger partial charge < -0.3 is 9.88 Å². The molecule has 1 amide bonds. The quantitative estimate of drug-likeness (QED) is 0.837. The van der Waals surface area contributed by atoms with E-state index in [1.807, 2.05) is 4.90 Å². The van der Waals surface area contributed by atoms with Gasteiger partial charge in [-0.2, -0.15) is 0 Å². The number of aromatic amines is 2. The fourth-order valence-corrected chi connectivity index (χ4v) is 3.41. The second-order valence-corrected chi connectivity index (χ2v) is 6.53. The Balaban J connectivity index is 2.01. The highest BCUT2D eigenvalue weighted by Crippen LogP contribution is 2.26. The SMILES string of the molecule is CC(C)[C@@H]1CCCN1C(=O)c1ccc2c(=O)[nH]c(=S)[nH]c2c1. The lowest BCUT2D eigenvalue weighted by molar-refractivity contribution is 0.0701. The van der Waals surface area contributed by atoms with Gasteiger partial charge in [0.2, 0.25) is 0 Å². The molecule has 0 saturated carbocycles. The number of carbonyl (C=O) groups excluding carboxylic acids is 1. The Kier molecular flexibility index (Phi) is 3.87. The van der Waals surface area contributed by atoms with Crippen LogP contribution in [0.15, 0.2) is 23.0 Å². The third-order valence-electron chi connectivity index (χ3n) is 4.32. The summed E-state index contributed by atoms with van der Waals surface area (Å²) < 4.78 is 0.267. The van der Waals surface area contributed by atoms with Gasteiger partial charge in [0.15, 0.2) is 4.77 Å². The maximum Gasteiger partial charge on any atom is 0.259 e. The second-order valence-electron chi connectivity index (χ2n) is 6.12. The third kappa shape index (κ3) is 2.59. The Hall–Kier alpha value is -1.95. The lowest BCUT2D eigenvalue weighted by Crippen LogP contribution is -2.38. The molecule has 0 radical (unpaired) electrons. The first-order valence-electron chi connectivity index (χ1n) is 7.54. The number of aromatic nitrogens is 2. The lowest BCUT2D eigenvalue weighted by atomic mass is 10.0. The predicted octanol–water partition coefficient (Wildman–Crippen LogP) is 2.85. The average molecular weight is 317 g/mol. The Bertz CT molecular complexity index is 837. The van der Waals surface area contributed by atoms with Crippen molar-refractivity contribution in [2.24, 2.45) is 5.92 Å². The van der Waals surface area contributed by atoms with E-state index in [1.54, 1.807) is 18.2 Å². The monoisotopic (exact) mass is 317 g/mol. The molecule has 2 N–H and O–H groups in total. The zero-order valence-corrected chi connectivity index (χ0v) is 13.5. The van der Waals surface area contributed by atoms with Crippen LogP contribution in [-0.4, -0.2) is 33.4 Å². The van der Waals surface area contributed by atoms with Crippen LogP contribution in [0.1, 0.15) is 37.0 Å². The van der Waals surface area contributed by atoms with E-state index in [4.69, 9.17) is 12.2 Å². The normalized spacial score (nSPS) is 18.3. The highest BCUT2D eigenvalue weighted by atomic mass is 32.1. The van der Waals surface area contributed by atoms with Crippen molar-refractivity contribution >= 4 is 29.0 Å². The molecule has 1 aromatic heterocycles. The Morgan fingerprint density at radius 2 is 2.14 bits per heavy atom. The van der Waals surface area contributed by atoms with Crippen molar-refractivity contribution < 1.29 is 4.79 Å². The van der Waals surface area contributed by atoms with Crippen molar-refractivity contribution in [2.45, 2.75) is 32.7 Å². The summed E-state index contributed by atoms with van der Waals surface area (Å²) in [5, 5.41) is 0.506. The summed E-state index contributed by atoms with van der Waals surface area (Å²) in [6, 6.07) is 5.40. The topological polar surface area (TPSA) is 69.0 Å². The minimum Gasteiger partial charge on any atom is -0.335 e. The van der Waals surface area contributed by atoms with Crippen molar-refractivity contribution in [2.75, 3.05) is 6.54 Å². The Labute approximate surface area is 133 Å². The number of hydrogen-bond acceptors (Lipinski definition) is 3. The summed E-state index contributed by atoms with van der Waals surface area (Å²) >= 11 is 4.99. The van der Waals surface area contributed by atoms with Crippen LogP contribution in [0, 0.1) is 10.7 Å². The first-order valence-corrected chi connectivity index (χ1v) is 7.95. The van der Waals surface area contributed by atoms with Crippen LogP contribution in [0.3, 0.4) is 0 Å². The van der Waals surface area contributed by atoms with Crippen molar-refractivity contribution in [3.63, 3.8) is 0 Å². The number of amides is 1. The van der Waals surface area contributed by atoms with Gasteiger partial charge in [0, 0.05) is 18.2 Å². The van der Waals surface area contributed by atoms with Gasteiger partial charge in [-0.15, -0.1) is 0 Å². The fraction of sp³-hybridized carbons (Fsp3) is 0.438. The van der Waals surface area contributed by atoms with Gasteiger partial charge in [0.05, 0.1) is 10.9 Å². The molecule has 6 heteroatoms. The zero-order valence-electron chi connectivity index (χ0n) is 12.7. The summed E-state index contributed by atoms with van der Waals surface area (Å²) in [6.45, 7) is 5.09. The van der Waals surface area contributed by atoms with Gasteiger partial charge in [0.1, 0.15) is 0 Å². The summed E-state index contributed by atoms with van der Waals surface area (Å²) in [5.41, 5.74) is 0.954. The molecule has 0 unspecified atom stereocenters. The first kappa shape index (κ1) is 15.0. The fourth-order valence-electron chi connectivity index (χ4n) is 3.21. The number of benzene rings is 1. The van der Waals surface area contributed by atoms with Gasteiger partial charge in [0.25, 0.3) is 11.5 Å². The van der Waals surface area contributed by atoms with Crippen LogP contribution in [0.5, 0.6) is 0 Å². The van der Waals surface area contributed by atoms with Crippen LogP contribution < -0.4 is 5.56 Å². The maximum atomic E-state index is 12.8. The number of nitrogens with one attached hydrogen (secondary N) is 2. The number of nitrogens with zero attached hydrogens (tertiary/aromatic N) is 1. The van der Waals surface area contributed by atoms with Gasteiger partial charge in [-0.3, -0.25) is 14.6 Å². The Morgan fingerprint density at radius 1 is 1.36 bits per heavy atom. The van der Waals surface area contributed by atoms with E-state index in [1.165, 1.54) is 0 Å². The molecule has 1 aromatic carbocycles. The molecule has 1 saturated heterocycles. The molecule has 2 heterocycles. The highest BCUT2D eigenvalue weighted by molar-refractivity contribution is 7.71. The van der Waals surface area contributed by atoms with E-state index in [-0.39, 0.29) is 16.2 Å². The average Bonchev–Trinajstić information content (AvgIpc) is 2.95. The minimum atomic E-state index is -0.237. The molecular formula is C16H19N3O2S. The molecular weight excluding hydrogens is 298 g/mol. The number of carbonyl (C=O) groups is 1. The van der Waals surface area contributed by atoms with Crippen LogP contribution in [0.25, 0.3) is 10.9 Å². The van der Waals surface area contributed by atoms with Crippen LogP contribution in [-0.2, 0) is 0 Å². The number of likely N-dealkylation sites (tertiary alicyclic amines) is 1. The van der Waals surface area contributed by atoms with Crippen LogP contribution >= 0.6 is 12.2 Å². The number of rotatable bonds is 2. The summed E-state index contributed by atoms with van der Waals surface area (Å²) in [5.74, 6) is 0.471. The molecule has 0 bridgehead atoms. The molecule has 0 spiro atoms. The van der Waals surface area contributed by atoms with Crippen molar-refractivity contribution in [3.05, 3.63) is 38.9 Å². The first-order chi connectivity index (χ1) is 10.5. The van der Waals surface area contributed by atoms with E-state index >= 15 is 0 Å². The summed E-state index contributed by atoms with van der Waals surface area (Å²) in [6.07, 6.45) is 2.10. The molecule has 2 aromatic rings. The number of fused-ring (bicyclic) bond motifs is 1. The standard InChI is InChI=1S/C16H19N3O2S/c1-9(2)13-4-3-7-19(13)15(21)10-5-6-11-12(8-10)17-16(22)18-14(11)20/h5-6,8-9,13H,3-4,7H2,1-2H3,(H2,17,18,20,22)/t13-/m0/s1. The Morgan fingerprint density at radius 3 is 2.86 bits per heavy atom. The van der Waals surface area contributed by atoms with Crippen LogP contribution in [0.2, 0.25) is 0 Å². The van der Waals surface area contributed by atoms with Crippen molar-refractivity contribution in [1.29, 1.82) is 0 Å². The molecule has 22 heavy (non-hydrogen) atoms. The molecule has 1 aliphatic heterocycles. The second kappa shape index (κ2) is 5.68. The number of H-pyrrole nitrogens is 2. The van der Waals surface area contributed by atoms with E-state index in [2.05, 4.69) is 23.8 Å². The van der Waals surface area contributed by atoms with Gasteiger partial charge in [-0.05, 0) is 49.2 Å². The molecule has 1 atom stereocenters. The predicted molar refractivity (Wildman–Crippen MR) is 88.6 cm³/mol. The lowest BCUT2D eigenvalue weighted by Gasteiger charge is -2.27. The molecule has 3 rings (SSSR count). The van der Waals surface area contributed by atoms with E-state index in [9.17, 15) is 9.59 Å². The van der Waals surface area contributed by atoms with E-state index in [0.717, 1.165) is 19.4 Å². The van der Waals surface area contributed by atoms with Crippen LogP contribution in [0.4, 0.5) is 0 Å². The van der Waals surface area contributed by atoms with Gasteiger partial charge in [-0.25, -0.2) is 0 Å². The largest absolute Gasteiger partial charge is 0.335 e. The molecule has 1 aliphatic rings. The van der Waals surface area contributed by atoms with E-state index in [0.29, 0.717) is 28.4 Å². The smallest absolute Gasteiger partial charge is 0.259 e.